The standard InChI is InChI=1S/C42H45ClN2O5S/c1-41(2,3)51-39-33-24-32(20-21-35(33)45(26-27-16-18-29(43)19-17-27)36(39)25-42(4,5)40(47)48)50-38(34-15-10-22-44-34)37(46)28-11-9-14-31(23-28)49-30-12-7-6-8-13-30/h6-9,11-14,16-21,23-24,34,38,44H,10,15,22,25-26H2,1-5H3,(H,47,48). The van der Waals surface area contributed by atoms with Gasteiger partial charge >= 0.3 is 5.97 Å². The lowest BCUT2D eigenvalue weighted by atomic mass is 9.88. The fourth-order valence-electron chi connectivity index (χ4n) is 6.41. The zero-order valence-electron chi connectivity index (χ0n) is 29.7. The van der Waals surface area contributed by atoms with Crippen LogP contribution in [0.1, 0.15) is 69.1 Å². The van der Waals surface area contributed by atoms with E-state index in [-0.39, 0.29) is 16.6 Å². The number of benzene rings is 4. The van der Waals surface area contributed by atoms with E-state index in [1.165, 1.54) is 0 Å². The van der Waals surface area contributed by atoms with Crippen LogP contribution in [0.3, 0.4) is 0 Å². The number of fused-ring (bicyclic) bond motifs is 1. The molecule has 9 heteroatoms. The molecule has 0 aliphatic carbocycles. The molecule has 0 bridgehead atoms. The van der Waals surface area contributed by atoms with Crippen LogP contribution in [0.2, 0.25) is 5.02 Å². The summed E-state index contributed by atoms with van der Waals surface area (Å²) in [7, 11) is 0. The fourth-order valence-corrected chi connectivity index (χ4v) is 7.72. The highest BCUT2D eigenvalue weighted by Crippen LogP contribution is 2.44. The van der Waals surface area contributed by atoms with Crippen LogP contribution in [-0.2, 0) is 17.8 Å². The van der Waals surface area contributed by atoms with Gasteiger partial charge in [-0.05, 0) is 93.4 Å². The van der Waals surface area contributed by atoms with Crippen LogP contribution in [0.5, 0.6) is 17.2 Å². The van der Waals surface area contributed by atoms with E-state index in [0.29, 0.717) is 40.8 Å². The summed E-state index contributed by atoms with van der Waals surface area (Å²) in [5.41, 5.74) is 2.47. The normalized spacial score (nSPS) is 15.5. The number of halogens is 1. The van der Waals surface area contributed by atoms with Gasteiger partial charge in [0.15, 0.2) is 6.10 Å². The lowest BCUT2D eigenvalue weighted by molar-refractivity contribution is -0.146. The first kappa shape index (κ1) is 36.5. The molecule has 7 nitrogen and oxygen atoms in total. The van der Waals surface area contributed by atoms with Gasteiger partial charge in [-0.25, -0.2) is 0 Å². The first-order valence-corrected chi connectivity index (χ1v) is 18.6. The second kappa shape index (κ2) is 15.2. The van der Waals surface area contributed by atoms with E-state index in [0.717, 1.165) is 46.4 Å². The molecule has 0 radical (unpaired) electrons. The van der Waals surface area contributed by atoms with Crippen LogP contribution in [0.25, 0.3) is 10.9 Å². The Bertz CT molecular complexity index is 2010. The van der Waals surface area contributed by atoms with Gasteiger partial charge in [0.05, 0.1) is 11.5 Å². The number of ether oxygens (including phenoxy) is 2. The van der Waals surface area contributed by atoms with Gasteiger partial charge in [0.1, 0.15) is 17.2 Å². The lowest BCUT2D eigenvalue weighted by Gasteiger charge is -2.24. The summed E-state index contributed by atoms with van der Waals surface area (Å²) in [4.78, 5) is 27.7. The molecule has 1 aromatic heterocycles. The number of aromatic nitrogens is 1. The Hall–Kier alpha value is -4.24. The van der Waals surface area contributed by atoms with Crippen LogP contribution in [0, 0.1) is 5.41 Å². The minimum Gasteiger partial charge on any atom is -0.481 e. The highest BCUT2D eigenvalue weighted by atomic mass is 35.5. The Morgan fingerprint density at radius 3 is 2.31 bits per heavy atom. The Morgan fingerprint density at radius 2 is 1.65 bits per heavy atom. The largest absolute Gasteiger partial charge is 0.481 e. The molecule has 4 aromatic carbocycles. The highest BCUT2D eigenvalue weighted by molar-refractivity contribution is 8.00. The number of aliphatic carboxylic acids is 1. The summed E-state index contributed by atoms with van der Waals surface area (Å²) in [6.45, 7) is 11.4. The Kier molecular flexibility index (Phi) is 10.9. The van der Waals surface area contributed by atoms with Crippen LogP contribution < -0.4 is 14.8 Å². The first-order chi connectivity index (χ1) is 24.3. The summed E-state index contributed by atoms with van der Waals surface area (Å²) >= 11 is 7.94. The van der Waals surface area contributed by atoms with Crippen molar-refractivity contribution in [3.05, 3.63) is 119 Å². The van der Waals surface area contributed by atoms with Gasteiger partial charge in [-0.3, -0.25) is 9.59 Å². The topological polar surface area (TPSA) is 89.8 Å². The van der Waals surface area contributed by atoms with Crippen molar-refractivity contribution in [2.45, 2.75) is 82.2 Å². The molecule has 0 amide bonds. The Balaban J connectivity index is 1.41. The number of nitrogens with zero attached hydrogens (tertiary/aromatic N) is 1. The molecule has 5 aromatic rings. The Morgan fingerprint density at radius 1 is 0.922 bits per heavy atom. The van der Waals surface area contributed by atoms with Gasteiger partial charge in [0, 0.05) is 49.8 Å². The molecule has 1 aliphatic rings. The summed E-state index contributed by atoms with van der Waals surface area (Å²) in [5.74, 6) is 0.870. The summed E-state index contributed by atoms with van der Waals surface area (Å²) in [6.07, 6.45) is 1.33. The second-order valence-electron chi connectivity index (χ2n) is 14.8. The number of Topliss-reactive ketones (excluding diaryl/α,β-unsaturated/α-hetero) is 1. The lowest BCUT2D eigenvalue weighted by Crippen LogP contribution is -2.44. The number of carbonyl (C=O) groups excluding carboxylic acids is 1. The van der Waals surface area contributed by atoms with E-state index in [4.69, 9.17) is 21.1 Å². The molecule has 2 unspecified atom stereocenters. The van der Waals surface area contributed by atoms with Crippen LogP contribution in [-0.4, -0.2) is 44.9 Å². The van der Waals surface area contributed by atoms with E-state index >= 15 is 0 Å². The van der Waals surface area contributed by atoms with E-state index in [9.17, 15) is 14.7 Å². The van der Waals surface area contributed by atoms with Gasteiger partial charge < -0.3 is 24.5 Å². The molecular formula is C42H45ClN2O5S. The van der Waals surface area contributed by atoms with Crippen molar-refractivity contribution < 1.29 is 24.2 Å². The monoisotopic (exact) mass is 724 g/mol. The molecule has 1 aliphatic heterocycles. The summed E-state index contributed by atoms with van der Waals surface area (Å²) in [5, 5.41) is 15.3. The number of hydrogen-bond acceptors (Lipinski definition) is 6. The van der Waals surface area contributed by atoms with Gasteiger partial charge in [-0.2, -0.15) is 0 Å². The maximum atomic E-state index is 14.3. The SMILES string of the molecule is CC(C)(C)Sc1c(CC(C)(C)C(=O)O)n(Cc2ccc(Cl)cc2)c2ccc(OC(C(=O)c3cccc(Oc4ccccc4)c3)C3CCCN3)cc12. The molecule has 51 heavy (non-hydrogen) atoms. The molecule has 1 saturated heterocycles. The maximum Gasteiger partial charge on any atom is 0.309 e. The van der Waals surface area contributed by atoms with Crippen molar-refractivity contribution in [3.63, 3.8) is 0 Å². The van der Waals surface area contributed by atoms with Crippen LogP contribution in [0.15, 0.2) is 102 Å². The quantitative estimate of drug-likeness (QED) is 0.0923. The van der Waals surface area contributed by atoms with Gasteiger partial charge in [-0.15, -0.1) is 11.8 Å². The molecule has 2 atom stereocenters. The number of nitrogens with one attached hydrogen (secondary N) is 1. The van der Waals surface area contributed by atoms with E-state index in [1.54, 1.807) is 37.7 Å². The van der Waals surface area contributed by atoms with E-state index < -0.39 is 17.5 Å². The van der Waals surface area contributed by atoms with Crippen LogP contribution in [0.4, 0.5) is 0 Å². The number of carboxylic acid groups (broad SMARTS) is 1. The zero-order chi connectivity index (χ0) is 36.3. The molecule has 2 heterocycles. The van der Waals surface area contributed by atoms with Crippen molar-refractivity contribution in [1.29, 1.82) is 0 Å². The predicted molar refractivity (Wildman–Crippen MR) is 206 cm³/mol. The van der Waals surface area contributed by atoms with Crippen LogP contribution >= 0.6 is 23.4 Å². The highest BCUT2D eigenvalue weighted by Gasteiger charge is 2.35. The number of para-hydroxylation sites is 1. The number of ketones is 1. The minimum atomic E-state index is -1.01. The smallest absolute Gasteiger partial charge is 0.309 e. The summed E-state index contributed by atoms with van der Waals surface area (Å²) < 4.78 is 14.8. The fraction of sp³-hybridized carbons (Fsp3) is 0.333. The minimum absolute atomic E-state index is 0.124. The van der Waals surface area contributed by atoms with Crippen molar-refractivity contribution in [1.82, 2.24) is 9.88 Å². The third kappa shape index (κ3) is 8.80. The molecule has 266 valence electrons. The number of carboxylic acids is 1. The molecule has 2 N–H and O–H groups in total. The average molecular weight is 725 g/mol. The first-order valence-electron chi connectivity index (χ1n) is 17.4. The third-order valence-electron chi connectivity index (χ3n) is 9.02. The number of hydrogen-bond donors (Lipinski definition) is 2. The molecule has 0 saturated carbocycles. The second-order valence-corrected chi connectivity index (χ2v) is 17.1. The van der Waals surface area contributed by atoms with Crippen molar-refractivity contribution >= 4 is 46.0 Å². The van der Waals surface area contributed by atoms with Gasteiger partial charge in [-0.1, -0.05) is 74.8 Å². The average Bonchev–Trinajstić information content (AvgIpc) is 3.71. The van der Waals surface area contributed by atoms with Gasteiger partial charge in [0.2, 0.25) is 5.78 Å². The Labute approximate surface area is 309 Å². The van der Waals surface area contributed by atoms with Gasteiger partial charge in [0.25, 0.3) is 0 Å². The molecule has 0 spiro atoms. The summed E-state index contributed by atoms with van der Waals surface area (Å²) in [6, 6.07) is 30.3. The number of thioether (sulfide) groups is 1. The van der Waals surface area contributed by atoms with E-state index in [2.05, 4.69) is 30.7 Å². The zero-order valence-corrected chi connectivity index (χ0v) is 31.3. The number of rotatable bonds is 13. The van der Waals surface area contributed by atoms with E-state index in [1.807, 2.05) is 84.9 Å². The molecule has 1 fully saturated rings. The van der Waals surface area contributed by atoms with Crippen molar-refractivity contribution in [3.8, 4) is 17.2 Å². The molecule has 6 rings (SSSR count). The predicted octanol–water partition coefficient (Wildman–Crippen LogP) is 10.1. The maximum absolute atomic E-state index is 14.3. The number of carbonyl (C=O) groups is 2. The third-order valence-corrected chi connectivity index (χ3v) is 10.5. The molecular weight excluding hydrogens is 680 g/mol. The van der Waals surface area contributed by atoms with Crippen molar-refractivity contribution in [2.24, 2.45) is 5.41 Å². The van der Waals surface area contributed by atoms with Crippen molar-refractivity contribution in [2.75, 3.05) is 6.54 Å².